The number of imidazole rings is 1. The van der Waals surface area contributed by atoms with E-state index in [4.69, 9.17) is 5.11 Å². The summed E-state index contributed by atoms with van der Waals surface area (Å²) in [4.78, 5) is 26.7. The lowest BCUT2D eigenvalue weighted by Gasteiger charge is -2.16. The van der Waals surface area contributed by atoms with Crippen LogP contribution in [0, 0.1) is 5.92 Å². The van der Waals surface area contributed by atoms with Crippen molar-refractivity contribution in [2.75, 3.05) is 0 Å². The van der Waals surface area contributed by atoms with E-state index < -0.39 is 11.9 Å². The molecule has 1 aliphatic carbocycles. The van der Waals surface area contributed by atoms with Crippen LogP contribution in [0.25, 0.3) is 0 Å². The van der Waals surface area contributed by atoms with Gasteiger partial charge in [0.1, 0.15) is 5.69 Å². The number of aryl methyl sites for hydroxylation is 1. The molecule has 2 atom stereocenters. The quantitative estimate of drug-likeness (QED) is 0.797. The highest BCUT2D eigenvalue weighted by molar-refractivity contribution is 5.92. The first kappa shape index (κ1) is 11.6. The summed E-state index contributed by atoms with van der Waals surface area (Å²) in [6, 6.07) is -0.276. The molecule has 2 unspecified atom stereocenters. The lowest BCUT2D eigenvalue weighted by Crippen LogP contribution is -2.40. The van der Waals surface area contributed by atoms with Crippen LogP contribution < -0.4 is 5.32 Å². The summed E-state index contributed by atoms with van der Waals surface area (Å²) in [7, 11) is 1.78. The molecule has 1 aliphatic rings. The molecule has 0 bridgehead atoms. The van der Waals surface area contributed by atoms with Crippen LogP contribution in [0.2, 0.25) is 0 Å². The molecule has 1 aromatic heterocycles. The number of amides is 1. The van der Waals surface area contributed by atoms with Gasteiger partial charge in [0, 0.05) is 19.3 Å². The lowest BCUT2D eigenvalue weighted by molar-refractivity contribution is -0.142. The van der Waals surface area contributed by atoms with Crippen molar-refractivity contribution in [2.45, 2.75) is 25.3 Å². The van der Waals surface area contributed by atoms with Gasteiger partial charge >= 0.3 is 5.97 Å². The number of rotatable bonds is 3. The van der Waals surface area contributed by atoms with Crippen LogP contribution in [0.15, 0.2) is 12.5 Å². The molecular formula is C11H15N3O3. The Bertz CT molecular complexity index is 441. The van der Waals surface area contributed by atoms with E-state index in [0.717, 1.165) is 12.8 Å². The number of aromatic nitrogens is 2. The maximum Gasteiger partial charge on any atom is 0.308 e. The highest BCUT2D eigenvalue weighted by Crippen LogP contribution is 2.25. The minimum absolute atomic E-state index is 0.276. The molecule has 6 heteroatoms. The monoisotopic (exact) mass is 237 g/mol. The van der Waals surface area contributed by atoms with E-state index in [0.29, 0.717) is 12.1 Å². The Morgan fingerprint density at radius 1 is 1.53 bits per heavy atom. The standard InChI is InChI=1S/C11H15N3O3/c1-14-5-9(12-6-14)10(15)13-8-4-2-3-7(8)11(16)17/h5-8H,2-4H2,1H3,(H,13,15)(H,16,17). The van der Waals surface area contributed by atoms with Gasteiger partial charge in [0.05, 0.1) is 12.2 Å². The van der Waals surface area contributed by atoms with Gasteiger partial charge in [-0.1, -0.05) is 6.42 Å². The first-order chi connectivity index (χ1) is 8.08. The Morgan fingerprint density at radius 3 is 2.88 bits per heavy atom. The molecule has 0 radical (unpaired) electrons. The summed E-state index contributed by atoms with van der Waals surface area (Å²) < 4.78 is 1.68. The van der Waals surface area contributed by atoms with Crippen LogP contribution in [0.1, 0.15) is 29.8 Å². The molecule has 6 nitrogen and oxygen atoms in total. The van der Waals surface area contributed by atoms with E-state index >= 15 is 0 Å². The number of carbonyl (C=O) groups excluding carboxylic acids is 1. The summed E-state index contributed by atoms with van der Waals surface area (Å²) in [5.41, 5.74) is 0.323. The van der Waals surface area contributed by atoms with Gasteiger partial charge in [-0.05, 0) is 12.8 Å². The van der Waals surface area contributed by atoms with Crippen molar-refractivity contribution >= 4 is 11.9 Å². The Balaban J connectivity index is 2.01. The van der Waals surface area contributed by atoms with Gasteiger partial charge in [-0.2, -0.15) is 0 Å². The smallest absolute Gasteiger partial charge is 0.308 e. The third kappa shape index (κ3) is 2.46. The summed E-state index contributed by atoms with van der Waals surface area (Å²) >= 11 is 0. The predicted octanol–water partition coefficient (Wildman–Crippen LogP) is 0.403. The van der Waals surface area contributed by atoms with Crippen LogP contribution in [-0.2, 0) is 11.8 Å². The molecule has 1 aromatic rings. The molecular weight excluding hydrogens is 222 g/mol. The predicted molar refractivity (Wildman–Crippen MR) is 59.4 cm³/mol. The van der Waals surface area contributed by atoms with Crippen molar-refractivity contribution < 1.29 is 14.7 Å². The maximum absolute atomic E-state index is 11.8. The third-order valence-corrected chi connectivity index (χ3v) is 3.09. The molecule has 92 valence electrons. The number of hydrogen-bond acceptors (Lipinski definition) is 3. The van der Waals surface area contributed by atoms with E-state index in [9.17, 15) is 9.59 Å². The first-order valence-electron chi connectivity index (χ1n) is 5.59. The van der Waals surface area contributed by atoms with Crippen molar-refractivity contribution in [1.82, 2.24) is 14.9 Å². The third-order valence-electron chi connectivity index (χ3n) is 3.09. The number of nitrogens with zero attached hydrogens (tertiary/aromatic N) is 2. The molecule has 17 heavy (non-hydrogen) atoms. The second kappa shape index (κ2) is 4.57. The molecule has 0 aliphatic heterocycles. The SMILES string of the molecule is Cn1cnc(C(=O)NC2CCCC2C(=O)O)c1. The summed E-state index contributed by atoms with van der Waals surface area (Å²) in [6.07, 6.45) is 5.33. The van der Waals surface area contributed by atoms with Crippen molar-refractivity contribution in [3.8, 4) is 0 Å². The molecule has 2 rings (SSSR count). The van der Waals surface area contributed by atoms with Gasteiger partial charge in [0.25, 0.3) is 5.91 Å². The lowest BCUT2D eigenvalue weighted by atomic mass is 10.0. The van der Waals surface area contributed by atoms with E-state index in [1.165, 1.54) is 6.33 Å². The fraction of sp³-hybridized carbons (Fsp3) is 0.545. The van der Waals surface area contributed by atoms with E-state index in [-0.39, 0.29) is 11.9 Å². The Morgan fingerprint density at radius 2 is 2.29 bits per heavy atom. The minimum atomic E-state index is -0.839. The number of nitrogens with one attached hydrogen (secondary N) is 1. The van der Waals surface area contributed by atoms with E-state index in [2.05, 4.69) is 10.3 Å². The molecule has 0 saturated heterocycles. The summed E-state index contributed by atoms with van der Waals surface area (Å²) in [5, 5.41) is 11.7. The molecule has 1 fully saturated rings. The first-order valence-corrected chi connectivity index (χ1v) is 5.59. The van der Waals surface area contributed by atoms with E-state index in [1.807, 2.05) is 0 Å². The Kier molecular flexibility index (Phi) is 3.12. The van der Waals surface area contributed by atoms with Crippen molar-refractivity contribution in [2.24, 2.45) is 13.0 Å². The van der Waals surface area contributed by atoms with Crippen LogP contribution >= 0.6 is 0 Å². The van der Waals surface area contributed by atoms with Gasteiger partial charge < -0.3 is 15.0 Å². The molecule has 0 aromatic carbocycles. The van der Waals surface area contributed by atoms with Gasteiger partial charge in [-0.15, -0.1) is 0 Å². The second-order valence-corrected chi connectivity index (χ2v) is 4.38. The fourth-order valence-corrected chi connectivity index (χ4v) is 2.20. The normalized spacial score (nSPS) is 23.6. The van der Waals surface area contributed by atoms with Gasteiger partial charge in [0.2, 0.25) is 0 Å². The van der Waals surface area contributed by atoms with Crippen molar-refractivity contribution in [1.29, 1.82) is 0 Å². The number of carbonyl (C=O) groups is 2. The number of aliphatic carboxylic acids is 1. The average Bonchev–Trinajstić information content (AvgIpc) is 2.86. The number of hydrogen-bond donors (Lipinski definition) is 2. The second-order valence-electron chi connectivity index (χ2n) is 4.38. The molecule has 0 spiro atoms. The van der Waals surface area contributed by atoms with Gasteiger partial charge in [0.15, 0.2) is 0 Å². The van der Waals surface area contributed by atoms with Crippen LogP contribution in [-0.4, -0.2) is 32.6 Å². The fourth-order valence-electron chi connectivity index (χ4n) is 2.20. The van der Waals surface area contributed by atoms with Crippen molar-refractivity contribution in [3.63, 3.8) is 0 Å². The van der Waals surface area contributed by atoms with Crippen LogP contribution in [0.4, 0.5) is 0 Å². The average molecular weight is 237 g/mol. The zero-order valence-electron chi connectivity index (χ0n) is 9.59. The highest BCUT2D eigenvalue weighted by Gasteiger charge is 2.34. The topological polar surface area (TPSA) is 84.2 Å². The molecule has 2 N–H and O–H groups in total. The summed E-state index contributed by atoms with van der Waals surface area (Å²) in [6.45, 7) is 0. The Hall–Kier alpha value is -1.85. The van der Waals surface area contributed by atoms with Crippen LogP contribution in [0.3, 0.4) is 0 Å². The van der Waals surface area contributed by atoms with Gasteiger partial charge in [-0.3, -0.25) is 9.59 Å². The van der Waals surface area contributed by atoms with Crippen molar-refractivity contribution in [3.05, 3.63) is 18.2 Å². The molecule has 1 saturated carbocycles. The molecule has 1 amide bonds. The largest absolute Gasteiger partial charge is 0.481 e. The highest BCUT2D eigenvalue weighted by atomic mass is 16.4. The zero-order chi connectivity index (χ0) is 12.4. The molecule has 1 heterocycles. The van der Waals surface area contributed by atoms with E-state index in [1.54, 1.807) is 17.8 Å². The summed E-state index contributed by atoms with van der Waals surface area (Å²) in [5.74, 6) is -1.61. The minimum Gasteiger partial charge on any atom is -0.481 e. The number of carboxylic acid groups (broad SMARTS) is 1. The number of carboxylic acids is 1. The Labute approximate surface area is 98.7 Å². The zero-order valence-corrected chi connectivity index (χ0v) is 9.59. The van der Waals surface area contributed by atoms with Gasteiger partial charge in [-0.25, -0.2) is 4.98 Å². The maximum atomic E-state index is 11.8. The van der Waals surface area contributed by atoms with Crippen LogP contribution in [0.5, 0.6) is 0 Å².